The molecule has 92 valence electrons. The van der Waals surface area contributed by atoms with Gasteiger partial charge >= 0.3 is 0 Å². The van der Waals surface area contributed by atoms with Crippen molar-refractivity contribution in [3.63, 3.8) is 0 Å². The lowest BCUT2D eigenvalue weighted by atomic mass is 10.2. The van der Waals surface area contributed by atoms with Crippen molar-refractivity contribution in [2.24, 2.45) is 0 Å². The van der Waals surface area contributed by atoms with Gasteiger partial charge in [0.1, 0.15) is 11.5 Å². The highest BCUT2D eigenvalue weighted by molar-refractivity contribution is 5.85. The van der Waals surface area contributed by atoms with Crippen molar-refractivity contribution in [1.82, 2.24) is 4.98 Å². The highest BCUT2D eigenvalue weighted by atomic mass is 35.5. The maximum Gasteiger partial charge on any atom is 0.145 e. The number of aryl methyl sites for hydroxylation is 1. The van der Waals surface area contributed by atoms with Gasteiger partial charge in [-0.05, 0) is 42.8 Å². The minimum atomic E-state index is 0. The highest BCUT2D eigenvalue weighted by Gasteiger charge is 1.99. The molecule has 0 bridgehead atoms. The number of hydrogen-bond donors (Lipinski definition) is 1. The van der Waals surface area contributed by atoms with Crippen LogP contribution in [0.5, 0.6) is 11.5 Å². The second-order valence-corrected chi connectivity index (χ2v) is 3.31. The van der Waals surface area contributed by atoms with Crippen LogP contribution < -0.4 is 10.5 Å². The van der Waals surface area contributed by atoms with Crippen molar-refractivity contribution in [2.75, 3.05) is 5.73 Å². The third-order valence-electron chi connectivity index (χ3n) is 2.11. The lowest BCUT2D eigenvalue weighted by molar-refractivity contribution is 0.480. The summed E-state index contributed by atoms with van der Waals surface area (Å²) in [6.07, 6.45) is 3.38. The Hall–Kier alpha value is -1.45. The van der Waals surface area contributed by atoms with Crippen molar-refractivity contribution in [3.8, 4) is 11.5 Å². The molecular formula is C12H14Cl2N2O. The van der Waals surface area contributed by atoms with Crippen molar-refractivity contribution < 1.29 is 4.74 Å². The molecule has 1 heterocycles. The zero-order chi connectivity index (χ0) is 10.7. The maximum absolute atomic E-state index is 5.71. The second-order valence-electron chi connectivity index (χ2n) is 3.31. The van der Waals surface area contributed by atoms with Gasteiger partial charge in [0, 0.05) is 11.9 Å². The van der Waals surface area contributed by atoms with Gasteiger partial charge in [0.15, 0.2) is 0 Å². The van der Waals surface area contributed by atoms with E-state index in [0.29, 0.717) is 0 Å². The lowest BCUT2D eigenvalue weighted by Crippen LogP contribution is -1.90. The van der Waals surface area contributed by atoms with E-state index in [1.807, 2.05) is 37.3 Å². The summed E-state index contributed by atoms with van der Waals surface area (Å²) in [6.45, 7) is 1.95. The molecule has 5 heteroatoms. The first-order chi connectivity index (χ1) is 7.25. The molecule has 0 aliphatic rings. The van der Waals surface area contributed by atoms with Gasteiger partial charge in [0.05, 0.1) is 6.20 Å². The Bertz CT molecular complexity index is 463. The SMILES string of the molecule is Cc1cc(Oc2cccnc2)ccc1N.Cl.Cl. The third kappa shape index (κ3) is 4.13. The molecule has 1 aromatic carbocycles. The smallest absolute Gasteiger partial charge is 0.145 e. The largest absolute Gasteiger partial charge is 0.456 e. The van der Waals surface area contributed by atoms with Crippen LogP contribution in [-0.4, -0.2) is 4.98 Å². The lowest BCUT2D eigenvalue weighted by Gasteiger charge is -2.06. The van der Waals surface area contributed by atoms with E-state index in [0.717, 1.165) is 22.7 Å². The predicted octanol–water partition coefficient (Wildman–Crippen LogP) is 3.61. The summed E-state index contributed by atoms with van der Waals surface area (Å²) in [7, 11) is 0. The normalized spacial score (nSPS) is 8.76. The quantitative estimate of drug-likeness (QED) is 0.850. The number of aromatic nitrogens is 1. The zero-order valence-electron chi connectivity index (χ0n) is 9.29. The Balaban J connectivity index is 0.00000128. The molecular weight excluding hydrogens is 259 g/mol. The highest BCUT2D eigenvalue weighted by Crippen LogP contribution is 2.23. The number of pyridine rings is 1. The summed E-state index contributed by atoms with van der Waals surface area (Å²) >= 11 is 0. The first kappa shape index (κ1) is 15.6. The molecule has 0 radical (unpaired) electrons. The summed E-state index contributed by atoms with van der Waals surface area (Å²) in [5, 5.41) is 0. The van der Waals surface area contributed by atoms with E-state index in [1.165, 1.54) is 0 Å². The molecule has 0 aliphatic carbocycles. The summed E-state index contributed by atoms with van der Waals surface area (Å²) in [6, 6.07) is 9.27. The van der Waals surface area contributed by atoms with Gasteiger partial charge in [0.2, 0.25) is 0 Å². The van der Waals surface area contributed by atoms with Gasteiger partial charge in [0.25, 0.3) is 0 Å². The summed E-state index contributed by atoms with van der Waals surface area (Å²) < 4.78 is 5.60. The fourth-order valence-electron chi connectivity index (χ4n) is 1.26. The number of halogens is 2. The first-order valence-electron chi connectivity index (χ1n) is 4.70. The number of nitrogens with zero attached hydrogens (tertiary/aromatic N) is 1. The van der Waals surface area contributed by atoms with Crippen LogP contribution >= 0.6 is 24.8 Å². The van der Waals surface area contributed by atoms with Gasteiger partial charge in [-0.15, -0.1) is 24.8 Å². The number of anilines is 1. The number of benzene rings is 1. The van der Waals surface area contributed by atoms with E-state index in [4.69, 9.17) is 10.5 Å². The van der Waals surface area contributed by atoms with Gasteiger partial charge < -0.3 is 10.5 Å². The van der Waals surface area contributed by atoms with Crippen LogP contribution in [0, 0.1) is 6.92 Å². The Morgan fingerprint density at radius 2 is 1.88 bits per heavy atom. The Morgan fingerprint density at radius 3 is 2.47 bits per heavy atom. The average molecular weight is 273 g/mol. The molecule has 0 spiro atoms. The molecule has 17 heavy (non-hydrogen) atoms. The molecule has 0 saturated heterocycles. The topological polar surface area (TPSA) is 48.1 Å². The number of ether oxygens (including phenoxy) is 1. The molecule has 1 aromatic heterocycles. The fraction of sp³-hybridized carbons (Fsp3) is 0.0833. The number of nitrogen functional groups attached to an aromatic ring is 1. The summed E-state index contributed by atoms with van der Waals surface area (Å²) in [4.78, 5) is 3.97. The standard InChI is InChI=1S/C12H12N2O.2ClH/c1-9-7-10(4-5-12(9)13)15-11-3-2-6-14-8-11;;/h2-8H,13H2,1H3;2*1H. The van der Waals surface area contributed by atoms with E-state index in [1.54, 1.807) is 12.4 Å². The maximum atomic E-state index is 5.71. The predicted molar refractivity (Wildman–Crippen MR) is 74.4 cm³/mol. The molecule has 0 saturated carbocycles. The Morgan fingerprint density at radius 1 is 1.12 bits per heavy atom. The zero-order valence-corrected chi connectivity index (χ0v) is 10.9. The van der Waals surface area contributed by atoms with Crippen molar-refractivity contribution in [3.05, 3.63) is 48.3 Å². The Kier molecular flexibility index (Phi) is 6.39. The Labute approximate surface area is 113 Å². The van der Waals surface area contributed by atoms with E-state index in [9.17, 15) is 0 Å². The van der Waals surface area contributed by atoms with Crippen LogP contribution in [0.15, 0.2) is 42.7 Å². The van der Waals surface area contributed by atoms with Crippen LogP contribution in [0.1, 0.15) is 5.56 Å². The van der Waals surface area contributed by atoms with E-state index in [-0.39, 0.29) is 24.8 Å². The third-order valence-corrected chi connectivity index (χ3v) is 2.11. The summed E-state index contributed by atoms with van der Waals surface area (Å²) in [5.41, 5.74) is 7.50. The molecule has 0 unspecified atom stereocenters. The van der Waals surface area contributed by atoms with Crippen LogP contribution in [0.2, 0.25) is 0 Å². The summed E-state index contributed by atoms with van der Waals surface area (Å²) in [5.74, 6) is 1.50. The number of nitrogens with two attached hydrogens (primary N) is 1. The van der Waals surface area contributed by atoms with Crippen molar-refractivity contribution in [1.29, 1.82) is 0 Å². The number of hydrogen-bond acceptors (Lipinski definition) is 3. The molecule has 0 atom stereocenters. The second kappa shape index (κ2) is 6.99. The van der Waals surface area contributed by atoms with Crippen molar-refractivity contribution >= 4 is 30.5 Å². The van der Waals surface area contributed by atoms with Gasteiger partial charge in [-0.25, -0.2) is 0 Å². The van der Waals surface area contributed by atoms with Gasteiger partial charge in [-0.2, -0.15) is 0 Å². The van der Waals surface area contributed by atoms with Gasteiger partial charge in [-0.3, -0.25) is 4.98 Å². The molecule has 2 aromatic rings. The first-order valence-corrected chi connectivity index (χ1v) is 4.70. The van der Waals surface area contributed by atoms with Crippen LogP contribution in [-0.2, 0) is 0 Å². The van der Waals surface area contributed by atoms with Crippen LogP contribution in [0.25, 0.3) is 0 Å². The van der Waals surface area contributed by atoms with E-state index < -0.39 is 0 Å². The minimum absolute atomic E-state index is 0. The molecule has 0 aliphatic heterocycles. The van der Waals surface area contributed by atoms with Crippen LogP contribution in [0.3, 0.4) is 0 Å². The van der Waals surface area contributed by atoms with Crippen molar-refractivity contribution in [2.45, 2.75) is 6.92 Å². The van der Waals surface area contributed by atoms with E-state index in [2.05, 4.69) is 4.98 Å². The molecule has 0 fully saturated rings. The van der Waals surface area contributed by atoms with Crippen LogP contribution in [0.4, 0.5) is 5.69 Å². The van der Waals surface area contributed by atoms with Gasteiger partial charge in [-0.1, -0.05) is 0 Å². The number of rotatable bonds is 2. The molecule has 3 nitrogen and oxygen atoms in total. The van der Waals surface area contributed by atoms with E-state index >= 15 is 0 Å². The minimum Gasteiger partial charge on any atom is -0.456 e. The molecule has 0 amide bonds. The average Bonchev–Trinajstić information content (AvgIpc) is 2.25. The fourth-order valence-corrected chi connectivity index (χ4v) is 1.26. The molecule has 2 rings (SSSR count). The monoisotopic (exact) mass is 272 g/mol. The molecule has 2 N–H and O–H groups in total.